The van der Waals surface area contributed by atoms with E-state index in [1.54, 1.807) is 7.11 Å². The fourth-order valence-corrected chi connectivity index (χ4v) is 2.01. The Hall–Kier alpha value is -1.74. The quantitative estimate of drug-likeness (QED) is 0.715. The molecule has 0 unspecified atom stereocenters. The maximum absolute atomic E-state index is 5.82. The van der Waals surface area contributed by atoms with Crippen molar-refractivity contribution in [2.24, 2.45) is 0 Å². The zero-order chi connectivity index (χ0) is 14.2. The van der Waals surface area contributed by atoms with Crippen LogP contribution in [0.1, 0.15) is 11.1 Å². The monoisotopic (exact) mass is 332 g/mol. The molecule has 0 aliphatic heterocycles. The van der Waals surface area contributed by atoms with Gasteiger partial charge in [-0.2, -0.15) is 0 Å². The van der Waals surface area contributed by atoms with E-state index in [0.717, 1.165) is 28.0 Å². The first-order chi connectivity index (χ1) is 9.83. The molecule has 3 heteroatoms. The van der Waals surface area contributed by atoms with E-state index in [0.29, 0.717) is 6.61 Å². The van der Waals surface area contributed by atoms with Crippen molar-refractivity contribution in [1.82, 2.24) is 0 Å². The summed E-state index contributed by atoms with van der Waals surface area (Å²) in [5, 5.41) is 0.835. The predicted octanol–water partition coefficient (Wildman–Crippen LogP) is 4.68. The third-order valence-electron chi connectivity index (χ3n) is 2.82. The molecule has 0 aliphatic carbocycles. The smallest absolute Gasteiger partial charge is 0.161 e. The summed E-state index contributed by atoms with van der Waals surface area (Å²) < 4.78 is 11.2. The fourth-order valence-electron chi connectivity index (χ4n) is 1.82. The molecule has 0 bridgehead atoms. The topological polar surface area (TPSA) is 18.5 Å². The van der Waals surface area contributed by atoms with Crippen LogP contribution in [0.2, 0.25) is 0 Å². The van der Waals surface area contributed by atoms with Crippen LogP contribution in [0.4, 0.5) is 0 Å². The van der Waals surface area contributed by atoms with Crippen molar-refractivity contribution in [2.45, 2.75) is 6.61 Å². The van der Waals surface area contributed by atoms with Gasteiger partial charge in [-0.25, -0.2) is 0 Å². The number of benzene rings is 2. The number of hydrogen-bond donors (Lipinski definition) is 0. The first-order valence-electron chi connectivity index (χ1n) is 6.40. The minimum atomic E-state index is 0.536. The molecular weight excluding hydrogens is 316 g/mol. The molecule has 0 heterocycles. The van der Waals surface area contributed by atoms with Crippen molar-refractivity contribution in [3.05, 3.63) is 65.7 Å². The summed E-state index contributed by atoms with van der Waals surface area (Å²) >= 11 is 3.36. The van der Waals surface area contributed by atoms with Gasteiger partial charge in [0.2, 0.25) is 0 Å². The summed E-state index contributed by atoms with van der Waals surface area (Å²) in [6.07, 6.45) is 4.08. The van der Waals surface area contributed by atoms with Crippen LogP contribution in [0.15, 0.2) is 54.6 Å². The number of methoxy groups -OCH3 is 1. The number of rotatable bonds is 6. The van der Waals surface area contributed by atoms with E-state index in [4.69, 9.17) is 9.47 Å². The van der Waals surface area contributed by atoms with E-state index in [1.807, 2.05) is 60.7 Å². The molecule has 0 aromatic heterocycles. The number of ether oxygens (including phenoxy) is 2. The fraction of sp³-hybridized carbons (Fsp3) is 0.176. The Labute approximate surface area is 128 Å². The Kier molecular flexibility index (Phi) is 5.69. The largest absolute Gasteiger partial charge is 0.493 e. The molecule has 0 amide bonds. The second-order valence-electron chi connectivity index (χ2n) is 4.24. The molecule has 2 nitrogen and oxygen atoms in total. The van der Waals surface area contributed by atoms with E-state index in [2.05, 4.69) is 15.9 Å². The minimum absolute atomic E-state index is 0.536. The van der Waals surface area contributed by atoms with Gasteiger partial charge in [-0.1, -0.05) is 64.5 Å². The number of halogens is 1. The van der Waals surface area contributed by atoms with Crippen molar-refractivity contribution >= 4 is 22.0 Å². The molecule has 0 N–H and O–H groups in total. The zero-order valence-electron chi connectivity index (χ0n) is 11.4. The van der Waals surface area contributed by atoms with Crippen LogP contribution >= 0.6 is 15.9 Å². The highest BCUT2D eigenvalue weighted by Gasteiger charge is 2.05. The summed E-state index contributed by atoms with van der Waals surface area (Å²) in [4.78, 5) is 0. The molecule has 0 saturated carbocycles. The molecule has 20 heavy (non-hydrogen) atoms. The van der Waals surface area contributed by atoms with Crippen molar-refractivity contribution < 1.29 is 9.47 Å². The summed E-state index contributed by atoms with van der Waals surface area (Å²) in [6.45, 7) is 0.536. The SMILES string of the molecule is COc1cc(/C=C/CBr)ccc1OCc1ccccc1. The van der Waals surface area contributed by atoms with E-state index >= 15 is 0 Å². The number of alkyl halides is 1. The van der Waals surface area contributed by atoms with E-state index in [1.165, 1.54) is 0 Å². The minimum Gasteiger partial charge on any atom is -0.493 e. The van der Waals surface area contributed by atoms with Gasteiger partial charge in [0.05, 0.1) is 7.11 Å². The number of hydrogen-bond acceptors (Lipinski definition) is 2. The maximum Gasteiger partial charge on any atom is 0.161 e. The molecule has 0 radical (unpaired) electrons. The molecule has 0 spiro atoms. The molecule has 0 fully saturated rings. The van der Waals surface area contributed by atoms with Crippen molar-refractivity contribution in [3.63, 3.8) is 0 Å². The Balaban J connectivity index is 2.09. The van der Waals surface area contributed by atoms with Crippen LogP contribution < -0.4 is 9.47 Å². The van der Waals surface area contributed by atoms with Crippen LogP contribution in [0.5, 0.6) is 11.5 Å². The van der Waals surface area contributed by atoms with E-state index in [9.17, 15) is 0 Å². The third-order valence-corrected chi connectivity index (χ3v) is 3.20. The molecule has 2 aromatic carbocycles. The Bertz CT molecular complexity index is 564. The summed E-state index contributed by atoms with van der Waals surface area (Å²) in [6, 6.07) is 16.0. The highest BCUT2D eigenvalue weighted by atomic mass is 79.9. The van der Waals surface area contributed by atoms with Gasteiger partial charge >= 0.3 is 0 Å². The first-order valence-corrected chi connectivity index (χ1v) is 7.53. The standard InChI is InChI=1S/C17H17BrO2/c1-19-17-12-14(8-5-11-18)9-10-16(17)20-13-15-6-3-2-4-7-15/h2-10,12H,11,13H2,1H3/b8-5+. The molecule has 0 saturated heterocycles. The lowest BCUT2D eigenvalue weighted by molar-refractivity contribution is 0.284. The molecule has 2 rings (SSSR count). The highest BCUT2D eigenvalue weighted by Crippen LogP contribution is 2.29. The van der Waals surface area contributed by atoms with Crippen LogP contribution in [-0.2, 0) is 6.61 Å². The maximum atomic E-state index is 5.82. The summed E-state index contributed by atoms with van der Waals surface area (Å²) in [5.74, 6) is 1.50. The Morgan fingerprint density at radius 3 is 2.55 bits per heavy atom. The average molecular weight is 333 g/mol. The lowest BCUT2D eigenvalue weighted by atomic mass is 10.2. The summed E-state index contributed by atoms with van der Waals surface area (Å²) in [7, 11) is 1.66. The van der Waals surface area contributed by atoms with Gasteiger partial charge in [0.1, 0.15) is 6.61 Å². The Morgan fingerprint density at radius 2 is 1.85 bits per heavy atom. The Morgan fingerprint density at radius 1 is 1.05 bits per heavy atom. The molecular formula is C17H17BrO2. The normalized spacial score (nSPS) is 10.7. The second-order valence-corrected chi connectivity index (χ2v) is 4.89. The van der Waals surface area contributed by atoms with Crippen molar-refractivity contribution in [3.8, 4) is 11.5 Å². The van der Waals surface area contributed by atoms with Gasteiger partial charge in [0.25, 0.3) is 0 Å². The van der Waals surface area contributed by atoms with Crippen molar-refractivity contribution in [2.75, 3.05) is 12.4 Å². The van der Waals surface area contributed by atoms with E-state index < -0.39 is 0 Å². The lowest BCUT2D eigenvalue weighted by Gasteiger charge is -2.11. The first kappa shape index (κ1) is 14.7. The summed E-state index contributed by atoms with van der Waals surface area (Å²) in [5.41, 5.74) is 2.23. The lowest BCUT2D eigenvalue weighted by Crippen LogP contribution is -1.97. The second kappa shape index (κ2) is 7.75. The van der Waals surface area contributed by atoms with Gasteiger partial charge in [-0.05, 0) is 23.3 Å². The molecule has 0 aliphatic rings. The van der Waals surface area contributed by atoms with Crippen LogP contribution in [0.3, 0.4) is 0 Å². The average Bonchev–Trinajstić information content (AvgIpc) is 2.52. The third kappa shape index (κ3) is 4.14. The van der Waals surface area contributed by atoms with Gasteiger partial charge in [-0.15, -0.1) is 0 Å². The van der Waals surface area contributed by atoms with Gasteiger partial charge in [-0.3, -0.25) is 0 Å². The van der Waals surface area contributed by atoms with Gasteiger partial charge in [0, 0.05) is 5.33 Å². The highest BCUT2D eigenvalue weighted by molar-refractivity contribution is 9.09. The predicted molar refractivity (Wildman–Crippen MR) is 86.6 cm³/mol. The van der Waals surface area contributed by atoms with Crippen LogP contribution in [0, 0.1) is 0 Å². The van der Waals surface area contributed by atoms with E-state index in [-0.39, 0.29) is 0 Å². The van der Waals surface area contributed by atoms with Gasteiger partial charge in [0.15, 0.2) is 11.5 Å². The molecule has 0 atom stereocenters. The molecule has 2 aromatic rings. The number of allylic oxidation sites excluding steroid dienone is 1. The van der Waals surface area contributed by atoms with Gasteiger partial charge < -0.3 is 9.47 Å². The van der Waals surface area contributed by atoms with Crippen LogP contribution in [-0.4, -0.2) is 12.4 Å². The van der Waals surface area contributed by atoms with Crippen LogP contribution in [0.25, 0.3) is 6.08 Å². The zero-order valence-corrected chi connectivity index (χ0v) is 13.0. The molecule has 104 valence electrons. The van der Waals surface area contributed by atoms with Crippen molar-refractivity contribution in [1.29, 1.82) is 0 Å².